The van der Waals surface area contributed by atoms with Crippen LogP contribution in [0.4, 0.5) is 0 Å². The van der Waals surface area contributed by atoms with Gasteiger partial charge in [0.2, 0.25) is 10.0 Å². The second-order valence-electron chi connectivity index (χ2n) is 6.66. The SMILES string of the molecule is COC(=O)c1cccc(COC(=O)CCNS(=O)(=O)c2ccc3c(c2)OCCCO3)c1. The van der Waals surface area contributed by atoms with Crippen LogP contribution >= 0.6 is 0 Å². The smallest absolute Gasteiger partial charge is 0.337 e. The zero-order chi connectivity index (χ0) is 22.3. The predicted molar refractivity (Wildman–Crippen MR) is 109 cm³/mol. The van der Waals surface area contributed by atoms with Crippen LogP contribution < -0.4 is 14.2 Å². The molecule has 0 fully saturated rings. The van der Waals surface area contributed by atoms with E-state index >= 15 is 0 Å². The van der Waals surface area contributed by atoms with E-state index in [0.717, 1.165) is 0 Å². The molecule has 9 nitrogen and oxygen atoms in total. The van der Waals surface area contributed by atoms with Crippen molar-refractivity contribution in [3.05, 3.63) is 53.6 Å². The average molecular weight is 449 g/mol. The van der Waals surface area contributed by atoms with Crippen LogP contribution in [0.2, 0.25) is 0 Å². The highest BCUT2D eigenvalue weighted by molar-refractivity contribution is 7.89. The maximum atomic E-state index is 12.5. The van der Waals surface area contributed by atoms with Crippen LogP contribution in [0, 0.1) is 0 Å². The van der Waals surface area contributed by atoms with Crippen molar-refractivity contribution in [3.8, 4) is 11.5 Å². The zero-order valence-corrected chi connectivity index (χ0v) is 17.8. The number of hydrogen-bond acceptors (Lipinski definition) is 8. The fraction of sp³-hybridized carbons (Fsp3) is 0.333. The number of fused-ring (bicyclic) bond motifs is 1. The Balaban J connectivity index is 1.50. The zero-order valence-electron chi connectivity index (χ0n) is 17.0. The number of rotatable bonds is 8. The van der Waals surface area contributed by atoms with E-state index in [4.69, 9.17) is 14.2 Å². The minimum atomic E-state index is -3.83. The maximum Gasteiger partial charge on any atom is 0.337 e. The van der Waals surface area contributed by atoms with Crippen LogP contribution in [-0.2, 0) is 30.9 Å². The first-order valence-electron chi connectivity index (χ1n) is 9.61. The van der Waals surface area contributed by atoms with Crippen molar-refractivity contribution in [2.75, 3.05) is 26.9 Å². The van der Waals surface area contributed by atoms with Crippen LogP contribution in [0.5, 0.6) is 11.5 Å². The second-order valence-corrected chi connectivity index (χ2v) is 8.43. The summed E-state index contributed by atoms with van der Waals surface area (Å²) in [4.78, 5) is 23.5. The molecule has 0 amide bonds. The van der Waals surface area contributed by atoms with E-state index in [9.17, 15) is 18.0 Å². The van der Waals surface area contributed by atoms with Crippen LogP contribution in [0.25, 0.3) is 0 Å². The molecule has 1 N–H and O–H groups in total. The van der Waals surface area contributed by atoms with Gasteiger partial charge < -0.3 is 18.9 Å². The Hall–Kier alpha value is -3.11. The number of nitrogens with one attached hydrogen (secondary N) is 1. The molecule has 1 aliphatic rings. The van der Waals surface area contributed by atoms with Crippen molar-refractivity contribution in [1.82, 2.24) is 4.72 Å². The number of hydrogen-bond donors (Lipinski definition) is 1. The van der Waals surface area contributed by atoms with Crippen LogP contribution in [0.3, 0.4) is 0 Å². The van der Waals surface area contributed by atoms with E-state index in [-0.39, 0.29) is 24.5 Å². The third-order valence-corrected chi connectivity index (χ3v) is 5.86. The maximum absolute atomic E-state index is 12.5. The van der Waals surface area contributed by atoms with Crippen molar-refractivity contribution in [2.45, 2.75) is 24.3 Å². The van der Waals surface area contributed by atoms with Crippen LogP contribution in [-0.4, -0.2) is 47.2 Å². The van der Waals surface area contributed by atoms with Gasteiger partial charge in [-0.15, -0.1) is 0 Å². The lowest BCUT2D eigenvalue weighted by molar-refractivity contribution is -0.144. The Labute approximate surface area is 180 Å². The first-order valence-corrected chi connectivity index (χ1v) is 11.1. The third-order valence-electron chi connectivity index (χ3n) is 4.40. The molecule has 166 valence electrons. The van der Waals surface area contributed by atoms with Gasteiger partial charge in [0, 0.05) is 19.0 Å². The van der Waals surface area contributed by atoms with Gasteiger partial charge in [-0.3, -0.25) is 4.79 Å². The summed E-state index contributed by atoms with van der Waals surface area (Å²) in [6.07, 6.45) is 0.560. The summed E-state index contributed by atoms with van der Waals surface area (Å²) in [6.45, 7) is 0.779. The van der Waals surface area contributed by atoms with Gasteiger partial charge in [-0.25, -0.2) is 17.9 Å². The predicted octanol–water partition coefficient (Wildman–Crippen LogP) is 2.05. The molecular formula is C21H23NO8S. The summed E-state index contributed by atoms with van der Waals surface area (Å²) in [6, 6.07) is 10.9. The molecule has 2 aromatic carbocycles. The standard InChI is InChI=1S/C21H23NO8S/c1-27-21(24)16-5-2-4-15(12-16)14-30-20(23)8-9-22-31(25,26)17-6-7-18-19(13-17)29-11-3-10-28-18/h2,4-7,12-13,22H,3,8-11,14H2,1H3. The van der Waals surface area contributed by atoms with Gasteiger partial charge >= 0.3 is 11.9 Å². The third kappa shape index (κ3) is 6.19. The average Bonchev–Trinajstić information content (AvgIpc) is 3.02. The molecular weight excluding hydrogens is 426 g/mol. The Morgan fingerprint density at radius 2 is 1.84 bits per heavy atom. The molecule has 31 heavy (non-hydrogen) atoms. The second kappa shape index (κ2) is 10.3. The highest BCUT2D eigenvalue weighted by atomic mass is 32.2. The molecule has 0 atom stereocenters. The summed E-state index contributed by atoms with van der Waals surface area (Å²) in [5.74, 6) is -0.201. The fourth-order valence-corrected chi connectivity index (χ4v) is 3.87. The minimum Gasteiger partial charge on any atom is -0.490 e. The molecule has 2 aromatic rings. The molecule has 0 unspecified atom stereocenters. The molecule has 1 heterocycles. The van der Waals surface area contributed by atoms with E-state index in [1.165, 1.54) is 19.2 Å². The topological polar surface area (TPSA) is 117 Å². The minimum absolute atomic E-state index is 0.0183. The molecule has 0 radical (unpaired) electrons. The van der Waals surface area contributed by atoms with E-state index in [1.807, 2.05) is 0 Å². The largest absolute Gasteiger partial charge is 0.490 e. The summed E-state index contributed by atoms with van der Waals surface area (Å²) in [5, 5.41) is 0. The lowest BCUT2D eigenvalue weighted by Crippen LogP contribution is -2.26. The van der Waals surface area contributed by atoms with E-state index < -0.39 is 22.0 Å². The van der Waals surface area contributed by atoms with Gasteiger partial charge in [-0.2, -0.15) is 0 Å². The first-order chi connectivity index (χ1) is 14.9. The summed E-state index contributed by atoms with van der Waals surface area (Å²) in [7, 11) is -2.55. The molecule has 0 aliphatic carbocycles. The van der Waals surface area contributed by atoms with Crippen molar-refractivity contribution in [3.63, 3.8) is 0 Å². The van der Waals surface area contributed by atoms with Gasteiger partial charge in [0.1, 0.15) is 6.61 Å². The van der Waals surface area contributed by atoms with Crippen molar-refractivity contribution < 1.29 is 37.0 Å². The van der Waals surface area contributed by atoms with E-state index in [2.05, 4.69) is 9.46 Å². The molecule has 10 heteroatoms. The number of benzene rings is 2. The normalized spacial score (nSPS) is 13.2. The fourth-order valence-electron chi connectivity index (χ4n) is 2.82. The molecule has 0 aromatic heterocycles. The molecule has 1 aliphatic heterocycles. The number of ether oxygens (including phenoxy) is 4. The molecule has 0 bridgehead atoms. The lowest BCUT2D eigenvalue weighted by atomic mass is 10.1. The number of carbonyl (C=O) groups is 2. The number of esters is 2. The summed E-state index contributed by atoms with van der Waals surface area (Å²) >= 11 is 0. The molecule has 0 spiro atoms. The van der Waals surface area contributed by atoms with Gasteiger partial charge in [0.05, 0.1) is 37.2 Å². The Kier molecular flexibility index (Phi) is 7.48. The van der Waals surface area contributed by atoms with Gasteiger partial charge in [-0.1, -0.05) is 12.1 Å². The number of sulfonamides is 1. The van der Waals surface area contributed by atoms with Gasteiger partial charge in [0.25, 0.3) is 0 Å². The van der Waals surface area contributed by atoms with E-state index in [1.54, 1.807) is 30.3 Å². The Bertz CT molecular complexity index is 1050. The first kappa shape index (κ1) is 22.6. The van der Waals surface area contributed by atoms with Crippen molar-refractivity contribution >= 4 is 22.0 Å². The highest BCUT2D eigenvalue weighted by Gasteiger charge is 2.19. The Morgan fingerprint density at radius 3 is 2.61 bits per heavy atom. The van der Waals surface area contributed by atoms with Crippen LogP contribution in [0.1, 0.15) is 28.8 Å². The van der Waals surface area contributed by atoms with Crippen molar-refractivity contribution in [1.29, 1.82) is 0 Å². The van der Waals surface area contributed by atoms with Crippen molar-refractivity contribution in [2.24, 2.45) is 0 Å². The molecule has 0 saturated heterocycles. The number of methoxy groups -OCH3 is 1. The molecule has 3 rings (SSSR count). The summed E-state index contributed by atoms with van der Waals surface area (Å²) < 4.78 is 48.1. The summed E-state index contributed by atoms with van der Waals surface area (Å²) in [5.41, 5.74) is 0.961. The van der Waals surface area contributed by atoms with Crippen LogP contribution in [0.15, 0.2) is 47.4 Å². The van der Waals surface area contributed by atoms with Gasteiger partial charge in [-0.05, 0) is 29.8 Å². The Morgan fingerprint density at radius 1 is 1.06 bits per heavy atom. The quantitative estimate of drug-likeness (QED) is 0.609. The van der Waals surface area contributed by atoms with E-state index in [0.29, 0.717) is 42.3 Å². The lowest BCUT2D eigenvalue weighted by Gasteiger charge is -2.11. The van der Waals surface area contributed by atoms with Gasteiger partial charge in [0.15, 0.2) is 11.5 Å². The highest BCUT2D eigenvalue weighted by Crippen LogP contribution is 2.31. The monoisotopic (exact) mass is 449 g/mol. The number of carbonyl (C=O) groups excluding carboxylic acids is 2. The molecule has 0 saturated carbocycles.